The van der Waals surface area contributed by atoms with Crippen molar-refractivity contribution < 1.29 is 4.79 Å². The van der Waals surface area contributed by atoms with Gasteiger partial charge < -0.3 is 16.0 Å². The molecule has 1 aliphatic rings. The molecular formula is C23H31N5O. The third kappa shape index (κ3) is 5.04. The molecule has 1 fully saturated rings. The quantitative estimate of drug-likeness (QED) is 0.832. The first kappa shape index (κ1) is 21.1. The number of anilines is 1. The topological polar surface area (TPSA) is 95.0 Å². The predicted octanol–water partition coefficient (Wildman–Crippen LogP) is 3.20. The van der Waals surface area contributed by atoms with Crippen LogP contribution in [-0.2, 0) is 4.79 Å². The SMILES string of the molecule is C[C@H]1C[C@@H](NC(=O)[C@@H](N)CC(C)(C)C)CN(c2ccc(C#N)c3ncccc23)C1. The first-order valence-electron chi connectivity index (χ1n) is 10.3. The summed E-state index contributed by atoms with van der Waals surface area (Å²) in [6.45, 7) is 10.1. The van der Waals surface area contributed by atoms with Crippen LogP contribution >= 0.6 is 0 Å². The molecule has 2 aromatic rings. The fourth-order valence-corrected chi connectivity index (χ4v) is 4.24. The summed E-state index contributed by atoms with van der Waals surface area (Å²) in [5.41, 5.74) is 8.50. The van der Waals surface area contributed by atoms with Crippen LogP contribution in [0.15, 0.2) is 30.5 Å². The van der Waals surface area contributed by atoms with Gasteiger partial charge >= 0.3 is 0 Å². The summed E-state index contributed by atoms with van der Waals surface area (Å²) in [6.07, 6.45) is 3.29. The molecule has 0 bridgehead atoms. The molecule has 0 aliphatic carbocycles. The predicted molar refractivity (Wildman–Crippen MR) is 116 cm³/mol. The summed E-state index contributed by atoms with van der Waals surface area (Å²) in [4.78, 5) is 19.3. The minimum Gasteiger partial charge on any atom is -0.369 e. The van der Waals surface area contributed by atoms with Crippen molar-refractivity contribution >= 4 is 22.5 Å². The Bertz CT molecular complexity index is 927. The second-order valence-corrected chi connectivity index (χ2v) is 9.47. The lowest BCUT2D eigenvalue weighted by Gasteiger charge is -2.39. The lowest BCUT2D eigenvalue weighted by Crippen LogP contribution is -2.54. The van der Waals surface area contributed by atoms with E-state index in [9.17, 15) is 10.1 Å². The van der Waals surface area contributed by atoms with Gasteiger partial charge in [0, 0.05) is 36.4 Å². The summed E-state index contributed by atoms with van der Waals surface area (Å²) < 4.78 is 0. The fraction of sp³-hybridized carbons (Fsp3) is 0.522. The summed E-state index contributed by atoms with van der Waals surface area (Å²) >= 11 is 0. The van der Waals surface area contributed by atoms with Crippen molar-refractivity contribution in [3.05, 3.63) is 36.0 Å². The third-order valence-corrected chi connectivity index (χ3v) is 5.38. The number of nitriles is 1. The van der Waals surface area contributed by atoms with Crippen LogP contribution in [0.3, 0.4) is 0 Å². The molecule has 0 spiro atoms. The van der Waals surface area contributed by atoms with Crippen molar-refractivity contribution in [2.24, 2.45) is 17.1 Å². The molecule has 6 heteroatoms. The molecule has 1 aromatic carbocycles. The smallest absolute Gasteiger partial charge is 0.237 e. The van der Waals surface area contributed by atoms with Gasteiger partial charge in [-0.25, -0.2) is 0 Å². The van der Waals surface area contributed by atoms with Crippen LogP contribution in [0.25, 0.3) is 10.9 Å². The maximum atomic E-state index is 12.6. The molecule has 3 N–H and O–H groups in total. The number of carbonyl (C=O) groups excluding carboxylic acids is 1. The highest BCUT2D eigenvalue weighted by Gasteiger charge is 2.29. The molecular weight excluding hydrogens is 362 g/mol. The lowest BCUT2D eigenvalue weighted by atomic mass is 9.88. The van der Waals surface area contributed by atoms with E-state index in [1.54, 1.807) is 6.20 Å². The first-order valence-corrected chi connectivity index (χ1v) is 10.3. The van der Waals surface area contributed by atoms with Crippen molar-refractivity contribution in [3.8, 4) is 6.07 Å². The molecule has 1 aromatic heterocycles. The van der Waals surface area contributed by atoms with Crippen LogP contribution in [0.5, 0.6) is 0 Å². The van der Waals surface area contributed by atoms with Gasteiger partial charge in [0.1, 0.15) is 6.07 Å². The van der Waals surface area contributed by atoms with Crippen LogP contribution in [0.2, 0.25) is 0 Å². The molecule has 1 amide bonds. The number of amides is 1. The number of hydrogen-bond donors (Lipinski definition) is 2. The first-order chi connectivity index (χ1) is 13.7. The van der Waals surface area contributed by atoms with Gasteiger partial charge in [-0.15, -0.1) is 0 Å². The molecule has 2 heterocycles. The van der Waals surface area contributed by atoms with Crippen molar-refractivity contribution in [2.45, 2.75) is 52.6 Å². The third-order valence-electron chi connectivity index (χ3n) is 5.38. The van der Waals surface area contributed by atoms with Crippen LogP contribution in [0.4, 0.5) is 5.69 Å². The van der Waals surface area contributed by atoms with Gasteiger partial charge in [0.05, 0.1) is 17.1 Å². The monoisotopic (exact) mass is 393 g/mol. The largest absolute Gasteiger partial charge is 0.369 e. The standard InChI is InChI=1S/C23H31N5O/c1-15-10-17(27-22(29)19(25)11-23(2,3)4)14-28(13-15)20-8-7-16(12-24)21-18(20)6-5-9-26-21/h5-9,15,17,19H,10-11,13-14,25H2,1-4H3,(H,27,29)/t15-,17+,19-/m0/s1. The lowest BCUT2D eigenvalue weighted by molar-refractivity contribution is -0.123. The number of rotatable bonds is 4. The second kappa shape index (κ2) is 8.38. The van der Waals surface area contributed by atoms with E-state index in [0.29, 0.717) is 24.4 Å². The Morgan fingerprint density at radius 2 is 2.14 bits per heavy atom. The molecule has 154 valence electrons. The number of aromatic nitrogens is 1. The van der Waals surface area contributed by atoms with Gasteiger partial charge in [-0.05, 0) is 48.4 Å². The van der Waals surface area contributed by atoms with E-state index in [-0.39, 0.29) is 17.4 Å². The van der Waals surface area contributed by atoms with Gasteiger partial charge in [-0.2, -0.15) is 5.26 Å². The molecule has 1 saturated heterocycles. The van der Waals surface area contributed by atoms with Gasteiger partial charge in [0.15, 0.2) is 0 Å². The normalized spacial score (nSPS) is 20.9. The second-order valence-electron chi connectivity index (χ2n) is 9.47. The van der Waals surface area contributed by atoms with E-state index in [0.717, 1.165) is 29.6 Å². The Hall–Kier alpha value is -2.65. The average Bonchev–Trinajstić information content (AvgIpc) is 2.65. The minimum atomic E-state index is -0.499. The highest BCUT2D eigenvalue weighted by atomic mass is 16.2. The number of nitrogens with zero attached hydrogens (tertiary/aromatic N) is 3. The Labute approximate surface area is 173 Å². The summed E-state index contributed by atoms with van der Waals surface area (Å²) in [5.74, 6) is 0.348. The number of fused-ring (bicyclic) bond motifs is 1. The maximum absolute atomic E-state index is 12.6. The zero-order valence-corrected chi connectivity index (χ0v) is 17.8. The van der Waals surface area contributed by atoms with E-state index in [4.69, 9.17) is 5.73 Å². The number of pyridine rings is 1. The number of hydrogen-bond acceptors (Lipinski definition) is 5. The zero-order valence-electron chi connectivity index (χ0n) is 17.8. The number of carbonyl (C=O) groups is 1. The molecule has 1 aliphatic heterocycles. The van der Waals surface area contributed by atoms with Gasteiger partial charge in [0.25, 0.3) is 0 Å². The molecule has 6 nitrogen and oxygen atoms in total. The van der Waals surface area contributed by atoms with Crippen LogP contribution < -0.4 is 16.0 Å². The van der Waals surface area contributed by atoms with Crippen molar-refractivity contribution in [1.29, 1.82) is 5.26 Å². The summed E-state index contributed by atoms with van der Waals surface area (Å²) in [6, 6.07) is 9.48. The Kier molecular flexibility index (Phi) is 6.09. The summed E-state index contributed by atoms with van der Waals surface area (Å²) in [5, 5.41) is 13.5. The number of piperidine rings is 1. The number of nitrogens with one attached hydrogen (secondary N) is 1. The van der Waals surface area contributed by atoms with Crippen molar-refractivity contribution in [2.75, 3.05) is 18.0 Å². The van der Waals surface area contributed by atoms with E-state index in [1.807, 2.05) is 24.3 Å². The van der Waals surface area contributed by atoms with Crippen LogP contribution in [0, 0.1) is 22.7 Å². The van der Waals surface area contributed by atoms with Gasteiger partial charge in [0.2, 0.25) is 5.91 Å². The summed E-state index contributed by atoms with van der Waals surface area (Å²) in [7, 11) is 0. The molecule has 0 radical (unpaired) electrons. The molecule has 29 heavy (non-hydrogen) atoms. The van der Waals surface area contributed by atoms with Gasteiger partial charge in [-0.3, -0.25) is 9.78 Å². The van der Waals surface area contributed by atoms with E-state index in [2.05, 4.69) is 49.0 Å². The highest BCUT2D eigenvalue weighted by molar-refractivity contribution is 5.95. The molecule has 0 unspecified atom stereocenters. The van der Waals surface area contributed by atoms with Crippen LogP contribution in [-0.4, -0.2) is 36.1 Å². The Balaban J connectivity index is 1.80. The van der Waals surface area contributed by atoms with Crippen LogP contribution in [0.1, 0.15) is 46.1 Å². The minimum absolute atomic E-state index is 0.0110. The number of benzene rings is 1. The van der Waals surface area contributed by atoms with E-state index < -0.39 is 6.04 Å². The molecule has 0 saturated carbocycles. The molecule has 3 rings (SSSR count). The Morgan fingerprint density at radius 1 is 1.38 bits per heavy atom. The Morgan fingerprint density at radius 3 is 2.83 bits per heavy atom. The average molecular weight is 394 g/mol. The van der Waals surface area contributed by atoms with Crippen molar-refractivity contribution in [1.82, 2.24) is 10.3 Å². The molecule has 3 atom stereocenters. The zero-order chi connectivity index (χ0) is 21.2. The van der Waals surface area contributed by atoms with E-state index >= 15 is 0 Å². The fourth-order valence-electron chi connectivity index (χ4n) is 4.24. The number of nitrogens with two attached hydrogens (primary N) is 1. The van der Waals surface area contributed by atoms with E-state index in [1.165, 1.54) is 0 Å². The van der Waals surface area contributed by atoms with Crippen molar-refractivity contribution in [3.63, 3.8) is 0 Å². The van der Waals surface area contributed by atoms with Gasteiger partial charge in [-0.1, -0.05) is 27.7 Å². The maximum Gasteiger partial charge on any atom is 0.237 e. The highest BCUT2D eigenvalue weighted by Crippen LogP contribution is 2.31.